The summed E-state index contributed by atoms with van der Waals surface area (Å²) in [7, 11) is 0. The Morgan fingerprint density at radius 2 is 1.28 bits per heavy atom. The zero-order valence-corrected chi connectivity index (χ0v) is 18.7. The average molecular weight is 393 g/mol. The highest BCUT2D eigenvalue weighted by atomic mass is 16.5. The Kier molecular flexibility index (Phi) is 7.16. The summed E-state index contributed by atoms with van der Waals surface area (Å²) in [5.41, 5.74) is 1.55. The van der Waals surface area contributed by atoms with E-state index < -0.39 is 0 Å². The van der Waals surface area contributed by atoms with Gasteiger partial charge in [0.15, 0.2) is 0 Å². The first-order valence-corrected chi connectivity index (χ1v) is 12.4. The predicted molar refractivity (Wildman–Crippen MR) is 125 cm³/mol. The van der Waals surface area contributed by atoms with Gasteiger partial charge in [0.05, 0.1) is 6.61 Å². The van der Waals surface area contributed by atoms with Gasteiger partial charge >= 0.3 is 0 Å². The van der Waals surface area contributed by atoms with Crippen LogP contribution >= 0.6 is 0 Å². The van der Waals surface area contributed by atoms with Crippen LogP contribution in [-0.2, 0) is 0 Å². The average Bonchev–Trinajstić information content (AvgIpc) is 2.78. The molecule has 0 aromatic heterocycles. The van der Waals surface area contributed by atoms with Gasteiger partial charge in [-0.3, -0.25) is 0 Å². The molecule has 2 fully saturated rings. The summed E-state index contributed by atoms with van der Waals surface area (Å²) in [6.07, 6.45) is 16.1. The van der Waals surface area contributed by atoms with E-state index in [1.807, 2.05) is 6.92 Å². The molecule has 2 aromatic rings. The van der Waals surface area contributed by atoms with Crippen molar-refractivity contribution >= 4 is 10.8 Å². The van der Waals surface area contributed by atoms with E-state index in [0.29, 0.717) is 0 Å². The quantitative estimate of drug-likeness (QED) is 0.459. The number of hydrogen-bond donors (Lipinski definition) is 0. The molecule has 2 aliphatic rings. The molecular weight excluding hydrogens is 352 g/mol. The van der Waals surface area contributed by atoms with E-state index in [0.717, 1.165) is 36.0 Å². The monoisotopic (exact) mass is 392 g/mol. The lowest BCUT2D eigenvalue weighted by Gasteiger charge is -2.32. The maximum absolute atomic E-state index is 5.65. The van der Waals surface area contributed by atoms with Crippen molar-refractivity contribution in [2.45, 2.75) is 90.4 Å². The molecule has 0 unspecified atom stereocenters. The summed E-state index contributed by atoms with van der Waals surface area (Å²) in [5, 5.41) is 2.65. The van der Waals surface area contributed by atoms with Crippen molar-refractivity contribution in [1.29, 1.82) is 0 Å². The number of ether oxygens (including phenoxy) is 1. The summed E-state index contributed by atoms with van der Waals surface area (Å²) in [6.45, 7) is 5.14. The lowest BCUT2D eigenvalue weighted by Crippen LogP contribution is -2.17. The molecule has 2 aromatic carbocycles. The molecule has 0 bridgehead atoms. The summed E-state index contributed by atoms with van der Waals surface area (Å²) < 4.78 is 5.65. The lowest BCUT2D eigenvalue weighted by atomic mass is 9.74. The second kappa shape index (κ2) is 10.0. The third kappa shape index (κ3) is 5.36. The lowest BCUT2D eigenvalue weighted by molar-refractivity contribution is 0.227. The van der Waals surface area contributed by atoms with Crippen molar-refractivity contribution in [2.24, 2.45) is 17.8 Å². The van der Waals surface area contributed by atoms with Gasteiger partial charge in [0.2, 0.25) is 0 Å². The molecule has 0 atom stereocenters. The summed E-state index contributed by atoms with van der Waals surface area (Å²) in [4.78, 5) is 0. The molecule has 0 aliphatic heterocycles. The molecule has 0 radical (unpaired) electrons. The van der Waals surface area contributed by atoms with E-state index in [1.165, 1.54) is 81.4 Å². The van der Waals surface area contributed by atoms with Gasteiger partial charge in [-0.25, -0.2) is 0 Å². The molecule has 4 rings (SSSR count). The van der Waals surface area contributed by atoms with E-state index in [2.05, 4.69) is 43.3 Å². The van der Waals surface area contributed by atoms with E-state index in [1.54, 1.807) is 5.56 Å². The van der Waals surface area contributed by atoms with E-state index in [-0.39, 0.29) is 0 Å². The fourth-order valence-corrected chi connectivity index (χ4v) is 5.94. The Balaban J connectivity index is 1.26. The first-order chi connectivity index (χ1) is 14.2. The number of rotatable bonds is 7. The number of benzene rings is 2. The first kappa shape index (κ1) is 20.8. The Morgan fingerprint density at radius 1 is 0.690 bits per heavy atom. The fourth-order valence-electron chi connectivity index (χ4n) is 5.94. The van der Waals surface area contributed by atoms with Crippen LogP contribution in [0.2, 0.25) is 0 Å². The van der Waals surface area contributed by atoms with Crippen LogP contribution in [0, 0.1) is 17.8 Å². The summed E-state index contributed by atoms with van der Waals surface area (Å²) in [6, 6.07) is 13.6. The van der Waals surface area contributed by atoms with Crippen LogP contribution in [0.3, 0.4) is 0 Å². The van der Waals surface area contributed by atoms with Gasteiger partial charge in [-0.2, -0.15) is 0 Å². The predicted octanol–water partition coefficient (Wildman–Crippen LogP) is 8.51. The molecule has 158 valence electrons. The molecule has 1 nitrogen and oxygen atoms in total. The van der Waals surface area contributed by atoms with Crippen LogP contribution in [0.1, 0.15) is 96.0 Å². The maximum atomic E-state index is 5.65. The Bertz CT molecular complexity index is 763. The van der Waals surface area contributed by atoms with E-state index in [9.17, 15) is 0 Å². The largest absolute Gasteiger partial charge is 0.494 e. The van der Waals surface area contributed by atoms with Gasteiger partial charge < -0.3 is 4.74 Å². The topological polar surface area (TPSA) is 9.23 Å². The van der Waals surface area contributed by atoms with Crippen LogP contribution in [0.4, 0.5) is 0 Å². The van der Waals surface area contributed by atoms with Crippen molar-refractivity contribution < 1.29 is 4.74 Å². The maximum Gasteiger partial charge on any atom is 0.119 e. The van der Waals surface area contributed by atoms with Crippen LogP contribution < -0.4 is 4.74 Å². The second-order valence-corrected chi connectivity index (χ2v) is 9.79. The third-order valence-electron chi connectivity index (χ3n) is 7.99. The Hall–Kier alpha value is -1.50. The van der Waals surface area contributed by atoms with Gasteiger partial charge in [-0.1, -0.05) is 76.1 Å². The smallest absolute Gasteiger partial charge is 0.119 e. The molecule has 2 aliphatic carbocycles. The van der Waals surface area contributed by atoms with Gasteiger partial charge in [-0.15, -0.1) is 0 Å². The van der Waals surface area contributed by atoms with Gasteiger partial charge in [0.1, 0.15) is 5.75 Å². The first-order valence-electron chi connectivity index (χ1n) is 12.4. The van der Waals surface area contributed by atoms with Crippen molar-refractivity contribution in [3.8, 4) is 5.75 Å². The Labute approximate surface area is 178 Å². The Morgan fingerprint density at radius 3 is 1.93 bits per heavy atom. The molecule has 0 spiro atoms. The third-order valence-corrected chi connectivity index (χ3v) is 7.99. The molecule has 0 N–H and O–H groups in total. The molecule has 2 saturated carbocycles. The summed E-state index contributed by atoms with van der Waals surface area (Å²) >= 11 is 0. The summed E-state index contributed by atoms with van der Waals surface area (Å²) in [5.74, 6) is 4.81. The molecule has 0 heterocycles. The highest BCUT2D eigenvalue weighted by molar-refractivity contribution is 5.84. The van der Waals surface area contributed by atoms with Crippen molar-refractivity contribution in [2.75, 3.05) is 6.61 Å². The van der Waals surface area contributed by atoms with Crippen molar-refractivity contribution in [1.82, 2.24) is 0 Å². The van der Waals surface area contributed by atoms with E-state index in [4.69, 9.17) is 4.74 Å². The van der Waals surface area contributed by atoms with Crippen LogP contribution in [0.25, 0.3) is 10.8 Å². The molecule has 0 amide bonds. The van der Waals surface area contributed by atoms with Crippen LogP contribution in [-0.4, -0.2) is 6.61 Å². The fraction of sp³-hybridized carbons (Fsp3) is 0.643. The number of fused-ring (bicyclic) bond motifs is 1. The van der Waals surface area contributed by atoms with Gasteiger partial charge in [-0.05, 0) is 84.7 Å². The molecule has 29 heavy (non-hydrogen) atoms. The zero-order valence-electron chi connectivity index (χ0n) is 18.7. The minimum absolute atomic E-state index is 0.729. The van der Waals surface area contributed by atoms with Crippen LogP contribution in [0.15, 0.2) is 36.4 Å². The van der Waals surface area contributed by atoms with Crippen LogP contribution in [0.5, 0.6) is 5.75 Å². The van der Waals surface area contributed by atoms with E-state index >= 15 is 0 Å². The normalized spacial score (nSPS) is 27.8. The minimum atomic E-state index is 0.729. The molecular formula is C28H40O. The van der Waals surface area contributed by atoms with Crippen molar-refractivity contribution in [3.05, 3.63) is 42.0 Å². The minimum Gasteiger partial charge on any atom is -0.494 e. The van der Waals surface area contributed by atoms with Gasteiger partial charge in [0, 0.05) is 0 Å². The second-order valence-electron chi connectivity index (χ2n) is 9.79. The molecule has 0 saturated heterocycles. The molecule has 1 heteroatoms. The zero-order chi connectivity index (χ0) is 20.1. The highest BCUT2D eigenvalue weighted by Crippen LogP contribution is 2.40. The standard InChI is InChI=1S/C28H40O/c1-3-21-5-7-22(8-6-21)9-10-23-11-13-24(14-12-23)25-15-16-27-20-28(29-4-2)18-17-26(27)19-25/h15-24H,3-14H2,1-2H3. The highest BCUT2D eigenvalue weighted by Gasteiger charge is 2.25. The van der Waals surface area contributed by atoms with Gasteiger partial charge in [0.25, 0.3) is 0 Å². The number of hydrogen-bond acceptors (Lipinski definition) is 1. The SMILES string of the molecule is CCOc1ccc2cc(C3CCC(CCC4CCC(CC)CC4)CC3)ccc2c1. The van der Waals surface area contributed by atoms with Crippen molar-refractivity contribution in [3.63, 3.8) is 0 Å².